The molecule has 0 fully saturated rings. The van der Waals surface area contributed by atoms with E-state index < -0.39 is 0 Å². The zero-order valence-corrected chi connectivity index (χ0v) is 14.1. The third-order valence-electron chi connectivity index (χ3n) is 3.27. The molecule has 0 saturated carbocycles. The largest absolute Gasteiger partial charge is 0.396 e. The lowest BCUT2D eigenvalue weighted by atomic mass is 10.3. The molecular formula is C17H17ClN6O. The molecular weight excluding hydrogens is 340 g/mol. The van der Waals surface area contributed by atoms with Crippen LogP contribution in [0.15, 0.2) is 49.1 Å². The molecule has 1 aromatic carbocycles. The fraction of sp³-hybridized carbons (Fsp3) is 0.176. The van der Waals surface area contributed by atoms with Crippen molar-refractivity contribution in [3.8, 4) is 11.4 Å². The normalized spacial score (nSPS) is 10.5. The standard InChI is InChI=1S/C17H17ClN6O/c18-12-3-1-4-13(7-12)22-17-11-20-9-15(24-17)14-8-19-10-16(23-14)21-5-2-6-25/h1,3-4,7-11,25H,2,5-6H2,(H,21,23)(H,22,24). The van der Waals surface area contributed by atoms with Crippen LogP contribution in [0, 0.1) is 0 Å². The average molecular weight is 357 g/mol. The minimum absolute atomic E-state index is 0.128. The molecule has 8 heteroatoms. The minimum Gasteiger partial charge on any atom is -0.396 e. The van der Waals surface area contributed by atoms with Crippen LogP contribution in [0.1, 0.15) is 6.42 Å². The summed E-state index contributed by atoms with van der Waals surface area (Å²) in [5.74, 6) is 1.21. The summed E-state index contributed by atoms with van der Waals surface area (Å²) in [6.45, 7) is 0.749. The highest BCUT2D eigenvalue weighted by Crippen LogP contribution is 2.21. The number of hydrogen-bond acceptors (Lipinski definition) is 7. The Kier molecular flexibility index (Phi) is 5.71. The van der Waals surface area contributed by atoms with Crippen LogP contribution in [-0.4, -0.2) is 38.2 Å². The molecule has 0 saturated heterocycles. The topological polar surface area (TPSA) is 95.8 Å². The monoisotopic (exact) mass is 356 g/mol. The molecule has 0 amide bonds. The Morgan fingerprint density at radius 1 is 0.960 bits per heavy atom. The number of rotatable bonds is 7. The van der Waals surface area contributed by atoms with Crippen molar-refractivity contribution in [2.75, 3.05) is 23.8 Å². The van der Waals surface area contributed by atoms with Gasteiger partial charge in [0, 0.05) is 23.9 Å². The van der Waals surface area contributed by atoms with Crippen molar-refractivity contribution in [2.45, 2.75) is 6.42 Å². The van der Waals surface area contributed by atoms with E-state index >= 15 is 0 Å². The van der Waals surface area contributed by atoms with Crippen LogP contribution in [0.4, 0.5) is 17.3 Å². The van der Waals surface area contributed by atoms with Gasteiger partial charge in [-0.25, -0.2) is 9.97 Å². The predicted octanol–water partition coefficient (Wildman–Crippen LogP) is 3.12. The highest BCUT2D eigenvalue weighted by molar-refractivity contribution is 6.30. The maximum Gasteiger partial charge on any atom is 0.149 e. The number of benzene rings is 1. The van der Waals surface area contributed by atoms with E-state index in [0.29, 0.717) is 41.0 Å². The highest BCUT2D eigenvalue weighted by atomic mass is 35.5. The lowest BCUT2D eigenvalue weighted by Gasteiger charge is -2.08. The summed E-state index contributed by atoms with van der Waals surface area (Å²) in [6, 6.07) is 7.36. The summed E-state index contributed by atoms with van der Waals surface area (Å²) in [5.41, 5.74) is 2.03. The molecule has 7 nitrogen and oxygen atoms in total. The lowest BCUT2D eigenvalue weighted by Crippen LogP contribution is -2.06. The van der Waals surface area contributed by atoms with Gasteiger partial charge in [-0.2, -0.15) is 0 Å². The number of aliphatic hydroxyl groups is 1. The zero-order chi connectivity index (χ0) is 17.5. The number of aliphatic hydroxyl groups excluding tert-OH is 1. The van der Waals surface area contributed by atoms with Gasteiger partial charge in [0.1, 0.15) is 23.0 Å². The van der Waals surface area contributed by atoms with Crippen LogP contribution >= 0.6 is 11.6 Å². The van der Waals surface area contributed by atoms with Crippen molar-refractivity contribution in [3.63, 3.8) is 0 Å². The van der Waals surface area contributed by atoms with E-state index in [1.54, 1.807) is 36.9 Å². The fourth-order valence-corrected chi connectivity index (χ4v) is 2.32. The molecule has 0 radical (unpaired) electrons. The number of halogens is 1. The van der Waals surface area contributed by atoms with Gasteiger partial charge in [-0.1, -0.05) is 17.7 Å². The van der Waals surface area contributed by atoms with Crippen molar-refractivity contribution in [1.82, 2.24) is 19.9 Å². The molecule has 0 aliphatic rings. The number of anilines is 3. The molecule has 3 N–H and O–H groups in total. The second kappa shape index (κ2) is 8.36. The maximum absolute atomic E-state index is 8.84. The summed E-state index contributed by atoms with van der Waals surface area (Å²) in [5, 5.41) is 15.7. The average Bonchev–Trinajstić information content (AvgIpc) is 2.63. The molecule has 0 spiro atoms. The van der Waals surface area contributed by atoms with Crippen LogP contribution in [0.2, 0.25) is 5.02 Å². The molecule has 0 atom stereocenters. The Hall–Kier alpha value is -2.77. The van der Waals surface area contributed by atoms with Gasteiger partial charge in [0.2, 0.25) is 0 Å². The van der Waals surface area contributed by atoms with Crippen LogP contribution in [-0.2, 0) is 0 Å². The second-order valence-corrected chi connectivity index (χ2v) is 5.65. The number of nitrogens with zero attached hydrogens (tertiary/aromatic N) is 4. The molecule has 0 bridgehead atoms. The zero-order valence-electron chi connectivity index (χ0n) is 13.4. The van der Waals surface area contributed by atoms with Crippen LogP contribution in [0.5, 0.6) is 0 Å². The first-order valence-corrected chi connectivity index (χ1v) is 8.14. The Bertz CT molecular complexity index is 845. The van der Waals surface area contributed by atoms with Gasteiger partial charge >= 0.3 is 0 Å². The summed E-state index contributed by atoms with van der Waals surface area (Å²) >= 11 is 5.99. The summed E-state index contributed by atoms with van der Waals surface area (Å²) in [6.07, 6.45) is 7.16. The lowest BCUT2D eigenvalue weighted by molar-refractivity contribution is 0.292. The molecule has 2 aromatic heterocycles. The first-order valence-electron chi connectivity index (χ1n) is 7.76. The van der Waals surface area contributed by atoms with Crippen molar-refractivity contribution in [2.24, 2.45) is 0 Å². The molecule has 3 rings (SSSR count). The van der Waals surface area contributed by atoms with Crippen molar-refractivity contribution in [3.05, 3.63) is 54.1 Å². The smallest absolute Gasteiger partial charge is 0.149 e. The fourth-order valence-electron chi connectivity index (χ4n) is 2.13. The van der Waals surface area contributed by atoms with E-state index in [0.717, 1.165) is 5.69 Å². The maximum atomic E-state index is 8.84. The molecule has 0 unspecified atom stereocenters. The summed E-state index contributed by atoms with van der Waals surface area (Å²) < 4.78 is 0. The molecule has 0 aliphatic carbocycles. The first-order chi connectivity index (χ1) is 12.2. The quantitative estimate of drug-likeness (QED) is 0.559. The van der Waals surface area contributed by atoms with Crippen LogP contribution < -0.4 is 10.6 Å². The summed E-state index contributed by atoms with van der Waals surface area (Å²) in [4.78, 5) is 17.4. The molecule has 3 aromatic rings. The Morgan fingerprint density at radius 3 is 2.40 bits per heavy atom. The van der Waals surface area contributed by atoms with Gasteiger partial charge in [-0.3, -0.25) is 9.97 Å². The number of nitrogens with one attached hydrogen (secondary N) is 2. The van der Waals surface area contributed by atoms with Gasteiger partial charge < -0.3 is 15.7 Å². The minimum atomic E-state index is 0.128. The van der Waals surface area contributed by atoms with Crippen molar-refractivity contribution >= 4 is 28.9 Å². The van der Waals surface area contributed by atoms with Gasteiger partial charge in [0.25, 0.3) is 0 Å². The van der Waals surface area contributed by atoms with Crippen LogP contribution in [0.3, 0.4) is 0 Å². The van der Waals surface area contributed by atoms with E-state index in [1.165, 1.54) is 0 Å². The molecule has 2 heterocycles. The highest BCUT2D eigenvalue weighted by Gasteiger charge is 2.06. The third-order valence-corrected chi connectivity index (χ3v) is 3.50. The number of aromatic nitrogens is 4. The summed E-state index contributed by atoms with van der Waals surface area (Å²) in [7, 11) is 0. The Labute approximate surface area is 150 Å². The van der Waals surface area contributed by atoms with E-state index in [2.05, 4.69) is 30.6 Å². The Balaban J connectivity index is 1.78. The van der Waals surface area contributed by atoms with E-state index in [4.69, 9.17) is 16.7 Å². The molecule has 128 valence electrons. The van der Waals surface area contributed by atoms with Gasteiger partial charge in [0.15, 0.2) is 0 Å². The first kappa shape index (κ1) is 17.1. The van der Waals surface area contributed by atoms with Gasteiger partial charge in [-0.05, 0) is 24.6 Å². The van der Waals surface area contributed by atoms with E-state index in [-0.39, 0.29) is 6.61 Å². The van der Waals surface area contributed by atoms with Crippen molar-refractivity contribution < 1.29 is 5.11 Å². The predicted molar refractivity (Wildman–Crippen MR) is 98.0 cm³/mol. The Morgan fingerprint density at radius 2 is 1.68 bits per heavy atom. The van der Waals surface area contributed by atoms with Gasteiger partial charge in [-0.15, -0.1) is 0 Å². The molecule has 25 heavy (non-hydrogen) atoms. The van der Waals surface area contributed by atoms with E-state index in [1.807, 2.05) is 12.1 Å². The van der Waals surface area contributed by atoms with Crippen molar-refractivity contribution in [1.29, 1.82) is 0 Å². The second-order valence-electron chi connectivity index (χ2n) is 5.22. The number of hydrogen-bond donors (Lipinski definition) is 3. The van der Waals surface area contributed by atoms with Gasteiger partial charge in [0.05, 0.1) is 24.8 Å². The third kappa shape index (κ3) is 4.85. The van der Waals surface area contributed by atoms with E-state index in [9.17, 15) is 0 Å². The SMILES string of the molecule is OCCCNc1cncc(-c2cncc(Nc3cccc(Cl)c3)n2)n1. The van der Waals surface area contributed by atoms with Crippen LogP contribution in [0.25, 0.3) is 11.4 Å². The molecule has 0 aliphatic heterocycles.